The Bertz CT molecular complexity index is 755. The number of hydrogen-bond acceptors (Lipinski definition) is 1. The van der Waals surface area contributed by atoms with E-state index in [0.717, 1.165) is 0 Å². The minimum absolute atomic E-state index is 0. The van der Waals surface area contributed by atoms with Gasteiger partial charge in [0, 0.05) is 16.8 Å². The Kier molecular flexibility index (Phi) is 4.38. The third kappa shape index (κ3) is 2.14. The molecule has 4 rings (SSSR count). The fourth-order valence-corrected chi connectivity index (χ4v) is 3.36. The van der Waals surface area contributed by atoms with Gasteiger partial charge in [0.1, 0.15) is 0 Å². The predicted octanol–water partition coefficient (Wildman–Crippen LogP) is 5.64. The Labute approximate surface area is 127 Å². The van der Waals surface area contributed by atoms with E-state index in [1.807, 2.05) is 13.8 Å². The van der Waals surface area contributed by atoms with Crippen LogP contribution in [0.4, 0.5) is 0 Å². The molecule has 1 unspecified atom stereocenters. The Balaban J connectivity index is 0.000000517. The smallest absolute Gasteiger partial charge is 0.0821 e. The summed E-state index contributed by atoms with van der Waals surface area (Å²) in [7, 11) is 0. The van der Waals surface area contributed by atoms with Gasteiger partial charge in [-0.25, -0.2) is 0 Å². The standard InChI is InChI=1S/C16H16N2.C2H6.CH4/c1-10-12-7-5-8-14-13-6-3-4-9-15(13)18(16(12)14)11(2)17-10;1-2;/h3-11,17H,1-2H3;1-2H3;1H4/t10?,11-;;/m0../s1. The first-order valence-corrected chi connectivity index (χ1v) is 7.55. The molecule has 2 heteroatoms. The molecule has 2 atom stereocenters. The fourth-order valence-electron chi connectivity index (χ4n) is 3.36. The summed E-state index contributed by atoms with van der Waals surface area (Å²) < 4.78 is 2.43. The van der Waals surface area contributed by atoms with Crippen molar-refractivity contribution in [1.82, 2.24) is 9.88 Å². The third-order valence-corrected chi connectivity index (χ3v) is 4.11. The molecule has 1 N–H and O–H groups in total. The van der Waals surface area contributed by atoms with Crippen molar-refractivity contribution < 1.29 is 0 Å². The number of nitrogens with zero attached hydrogens (tertiary/aromatic N) is 1. The van der Waals surface area contributed by atoms with Gasteiger partial charge in [-0.05, 0) is 25.5 Å². The van der Waals surface area contributed by atoms with E-state index >= 15 is 0 Å². The first kappa shape index (κ1) is 15.6. The summed E-state index contributed by atoms with van der Waals surface area (Å²) in [5.74, 6) is 0. The maximum absolute atomic E-state index is 3.64. The molecule has 1 aliphatic rings. The molecule has 1 aromatic heterocycles. The zero-order valence-corrected chi connectivity index (χ0v) is 12.6. The molecular formula is C19H26N2. The zero-order chi connectivity index (χ0) is 14.3. The molecule has 2 nitrogen and oxygen atoms in total. The van der Waals surface area contributed by atoms with E-state index in [1.165, 1.54) is 27.4 Å². The van der Waals surface area contributed by atoms with Crippen molar-refractivity contribution in [2.45, 2.75) is 47.3 Å². The molecule has 0 saturated carbocycles. The highest BCUT2D eigenvalue weighted by molar-refractivity contribution is 6.09. The largest absolute Gasteiger partial charge is 0.324 e. The van der Waals surface area contributed by atoms with Gasteiger partial charge in [-0.2, -0.15) is 0 Å². The van der Waals surface area contributed by atoms with Crippen LogP contribution >= 0.6 is 0 Å². The summed E-state index contributed by atoms with van der Waals surface area (Å²) >= 11 is 0. The van der Waals surface area contributed by atoms with Crippen LogP contribution in [0, 0.1) is 0 Å². The highest BCUT2D eigenvalue weighted by Gasteiger charge is 2.24. The van der Waals surface area contributed by atoms with Crippen LogP contribution in [0.3, 0.4) is 0 Å². The molecule has 0 saturated heterocycles. The number of rotatable bonds is 0. The van der Waals surface area contributed by atoms with Gasteiger partial charge in [0.2, 0.25) is 0 Å². The van der Waals surface area contributed by atoms with Gasteiger partial charge in [-0.3, -0.25) is 5.32 Å². The van der Waals surface area contributed by atoms with Crippen molar-refractivity contribution in [3.05, 3.63) is 48.0 Å². The molecule has 2 heterocycles. The van der Waals surface area contributed by atoms with Gasteiger partial charge >= 0.3 is 0 Å². The van der Waals surface area contributed by atoms with Crippen LogP contribution in [-0.2, 0) is 0 Å². The molecule has 0 aliphatic carbocycles. The van der Waals surface area contributed by atoms with E-state index in [9.17, 15) is 0 Å². The summed E-state index contributed by atoms with van der Waals surface area (Å²) in [6, 6.07) is 15.7. The summed E-state index contributed by atoms with van der Waals surface area (Å²) in [5, 5.41) is 6.37. The normalized spacial score (nSPS) is 19.8. The van der Waals surface area contributed by atoms with Crippen molar-refractivity contribution in [3.8, 4) is 0 Å². The monoisotopic (exact) mass is 282 g/mol. The van der Waals surface area contributed by atoms with E-state index in [2.05, 4.69) is 66.2 Å². The molecule has 0 amide bonds. The molecular weight excluding hydrogens is 256 g/mol. The maximum Gasteiger partial charge on any atom is 0.0821 e. The van der Waals surface area contributed by atoms with E-state index in [1.54, 1.807) is 0 Å². The Morgan fingerprint density at radius 2 is 1.57 bits per heavy atom. The lowest BCUT2D eigenvalue weighted by molar-refractivity contribution is 0.390. The van der Waals surface area contributed by atoms with E-state index in [-0.39, 0.29) is 7.43 Å². The lowest BCUT2D eigenvalue weighted by atomic mass is 10.0. The highest BCUT2D eigenvalue weighted by atomic mass is 15.2. The minimum Gasteiger partial charge on any atom is -0.324 e. The number of fused-ring (bicyclic) bond motifs is 3. The lowest BCUT2D eigenvalue weighted by Gasteiger charge is -2.30. The molecule has 1 aliphatic heterocycles. The van der Waals surface area contributed by atoms with Gasteiger partial charge in [-0.1, -0.05) is 57.7 Å². The Morgan fingerprint density at radius 3 is 2.33 bits per heavy atom. The highest BCUT2D eigenvalue weighted by Crippen LogP contribution is 2.38. The van der Waals surface area contributed by atoms with Gasteiger partial charge < -0.3 is 4.57 Å². The number of nitrogens with one attached hydrogen (secondary N) is 1. The van der Waals surface area contributed by atoms with Crippen molar-refractivity contribution in [2.24, 2.45) is 0 Å². The molecule has 0 spiro atoms. The van der Waals surface area contributed by atoms with Crippen LogP contribution < -0.4 is 5.32 Å². The second-order valence-electron chi connectivity index (χ2n) is 5.19. The van der Waals surface area contributed by atoms with E-state index in [0.29, 0.717) is 12.2 Å². The van der Waals surface area contributed by atoms with Gasteiger partial charge in [0.05, 0.1) is 17.2 Å². The molecule has 0 fully saturated rings. The average molecular weight is 282 g/mol. The molecule has 3 aromatic rings. The predicted molar refractivity (Wildman–Crippen MR) is 93.8 cm³/mol. The topological polar surface area (TPSA) is 17.0 Å². The van der Waals surface area contributed by atoms with Gasteiger partial charge in [-0.15, -0.1) is 0 Å². The number of benzene rings is 2. The van der Waals surface area contributed by atoms with Crippen molar-refractivity contribution in [1.29, 1.82) is 0 Å². The van der Waals surface area contributed by atoms with Crippen LogP contribution in [0.5, 0.6) is 0 Å². The molecule has 0 bridgehead atoms. The molecule has 21 heavy (non-hydrogen) atoms. The summed E-state index contributed by atoms with van der Waals surface area (Å²) in [6.45, 7) is 8.48. The summed E-state index contributed by atoms with van der Waals surface area (Å²) in [6.07, 6.45) is 0.345. The van der Waals surface area contributed by atoms with Crippen LogP contribution in [-0.4, -0.2) is 4.57 Å². The van der Waals surface area contributed by atoms with Crippen LogP contribution in [0.25, 0.3) is 21.8 Å². The molecule has 0 radical (unpaired) electrons. The van der Waals surface area contributed by atoms with Crippen molar-refractivity contribution >= 4 is 21.8 Å². The number of hydrogen-bond donors (Lipinski definition) is 1. The van der Waals surface area contributed by atoms with Crippen LogP contribution in [0.1, 0.15) is 52.9 Å². The number of aromatic nitrogens is 1. The third-order valence-electron chi connectivity index (χ3n) is 4.11. The minimum atomic E-state index is 0. The Hall–Kier alpha value is -1.80. The van der Waals surface area contributed by atoms with Gasteiger partial charge in [0.25, 0.3) is 0 Å². The molecule has 112 valence electrons. The second kappa shape index (κ2) is 5.90. The zero-order valence-electron chi connectivity index (χ0n) is 12.6. The van der Waals surface area contributed by atoms with Gasteiger partial charge in [0.15, 0.2) is 0 Å². The number of para-hydroxylation sites is 2. The lowest BCUT2D eigenvalue weighted by Crippen LogP contribution is -2.31. The van der Waals surface area contributed by atoms with Crippen LogP contribution in [0.2, 0.25) is 0 Å². The first-order chi connectivity index (χ1) is 9.77. The average Bonchev–Trinajstić information content (AvgIpc) is 2.83. The maximum atomic E-state index is 3.64. The van der Waals surface area contributed by atoms with E-state index < -0.39 is 0 Å². The summed E-state index contributed by atoms with van der Waals surface area (Å²) in [4.78, 5) is 0. The summed E-state index contributed by atoms with van der Waals surface area (Å²) in [5.41, 5.74) is 4.13. The van der Waals surface area contributed by atoms with Crippen molar-refractivity contribution in [3.63, 3.8) is 0 Å². The SMILES string of the molecule is C.CC.CC1N[C@H](C)n2c3ccccc3c3cccc1c32. The Morgan fingerprint density at radius 1 is 0.905 bits per heavy atom. The van der Waals surface area contributed by atoms with Crippen LogP contribution in [0.15, 0.2) is 42.5 Å². The molecule has 2 aromatic carbocycles. The quantitative estimate of drug-likeness (QED) is 0.564. The fraction of sp³-hybridized carbons (Fsp3) is 0.368. The first-order valence-electron chi connectivity index (χ1n) is 7.55. The van der Waals surface area contributed by atoms with Crippen molar-refractivity contribution in [2.75, 3.05) is 0 Å². The van der Waals surface area contributed by atoms with E-state index in [4.69, 9.17) is 0 Å². The second-order valence-corrected chi connectivity index (χ2v) is 5.19.